The van der Waals surface area contributed by atoms with E-state index >= 15 is 0 Å². The van der Waals surface area contributed by atoms with E-state index in [4.69, 9.17) is 40.1 Å². The Balaban J connectivity index is 6.44. The third-order valence-corrected chi connectivity index (χ3v) is 10.4. The van der Waals surface area contributed by atoms with Crippen LogP contribution in [0.5, 0.6) is 0 Å². The van der Waals surface area contributed by atoms with Crippen molar-refractivity contribution in [3.8, 4) is 0 Å². The maximum atomic E-state index is 13.8. The lowest BCUT2D eigenvalue weighted by Gasteiger charge is -2.27. The lowest BCUT2D eigenvalue weighted by Crippen LogP contribution is -2.59. The number of carbonyl (C=O) groups is 12. The molecule has 0 fully saturated rings. The molecule has 0 saturated heterocycles. The quantitative estimate of drug-likeness (QED) is 0.0155. The van der Waals surface area contributed by atoms with E-state index < -0.39 is 158 Å². The number of nitrogens with zero attached hydrogens (tertiary/aromatic N) is 1. The predicted octanol–water partition coefficient (Wildman–Crippen LogP) is -6.62. The second kappa shape index (κ2) is 35.0. The minimum absolute atomic E-state index is 0.0201. The highest BCUT2D eigenvalue weighted by Gasteiger charge is 2.34. The van der Waals surface area contributed by atoms with Crippen molar-refractivity contribution < 1.29 is 72.9 Å². The summed E-state index contributed by atoms with van der Waals surface area (Å²) in [5.41, 5.74) is 38.1. The highest BCUT2D eigenvalue weighted by Crippen LogP contribution is 2.10. The van der Waals surface area contributed by atoms with Gasteiger partial charge in [-0.2, -0.15) is 0 Å². The summed E-state index contributed by atoms with van der Waals surface area (Å²) in [6, 6.07) is -12.0. The summed E-state index contributed by atoms with van der Waals surface area (Å²) in [6.07, 6.45) is -2.47. The molecule has 71 heavy (non-hydrogen) atoms. The van der Waals surface area contributed by atoms with Crippen LogP contribution in [0, 0.1) is 0 Å². The van der Waals surface area contributed by atoms with Gasteiger partial charge in [0.05, 0.1) is 6.04 Å². The maximum absolute atomic E-state index is 13.8. The van der Waals surface area contributed by atoms with E-state index in [2.05, 4.69) is 42.2 Å². The molecule has 8 atom stereocenters. The molecule has 402 valence electrons. The Morgan fingerprint density at radius 2 is 0.761 bits per heavy atom. The molecule has 9 amide bonds. The van der Waals surface area contributed by atoms with Crippen molar-refractivity contribution in [3.05, 3.63) is 0 Å². The second-order valence-corrected chi connectivity index (χ2v) is 16.4. The number of nitrogens with two attached hydrogens (primary N) is 7. The standard InChI is InChI=1S/C41H73N15O15/c1-21(33(63)51-23(7-2-4-18-42)36(66)53-24(8-3-5-19-43)37(67)56-28(40(70)71)9-6-20-49-41(47)48)50-35(65)26(12-16-31(59)60)55-38(68)25(11-15-30(46)58)54-39(69)27(13-17-32(61)62)52-34(64)22(44)10-14-29(45)57/h21-28H,2-20,42-44H2,1H3,(H2,45,57)(H2,46,58)(H,50,65)(H,51,63)(H,52,64)(H,53,66)(H,54,69)(H,55,68)(H,56,67)(H,59,60)(H,61,62)(H,70,71)(H4,47,48,49)/t21-,22-,23-,24-,25-,26-,27-,28-/m0/s1. The molecule has 0 heterocycles. The average Bonchev–Trinajstić information content (AvgIpc) is 3.28. The van der Waals surface area contributed by atoms with Gasteiger partial charge < -0.3 is 92.7 Å². The molecular weight excluding hydrogens is 943 g/mol. The van der Waals surface area contributed by atoms with Gasteiger partial charge >= 0.3 is 17.9 Å². The van der Waals surface area contributed by atoms with Crippen LogP contribution in [0.2, 0.25) is 0 Å². The van der Waals surface area contributed by atoms with Gasteiger partial charge in [-0.3, -0.25) is 57.7 Å². The highest BCUT2D eigenvalue weighted by molar-refractivity contribution is 5.98. The zero-order chi connectivity index (χ0) is 54.2. The number of aliphatic carboxylic acids is 3. The number of carboxylic acids is 3. The van der Waals surface area contributed by atoms with Crippen molar-refractivity contribution in [2.24, 2.45) is 45.1 Å². The smallest absolute Gasteiger partial charge is 0.326 e. The lowest BCUT2D eigenvalue weighted by atomic mass is 10.0. The SMILES string of the molecule is C[C@H](NC(=O)[C@H](CCC(=O)O)NC(=O)[C@H](CCC(N)=O)NC(=O)[C@H](CCC(=O)O)NC(=O)[C@@H](N)CCC(N)=O)C(=O)N[C@@H](CCCCN)C(=O)N[C@@H](CCCCN)C(=O)N[C@@H](CCCN=C(N)N)C(=O)O. The van der Waals surface area contributed by atoms with E-state index in [0.29, 0.717) is 25.7 Å². The van der Waals surface area contributed by atoms with Gasteiger partial charge in [0.25, 0.3) is 0 Å². The fourth-order valence-corrected chi connectivity index (χ4v) is 6.39. The van der Waals surface area contributed by atoms with Crippen LogP contribution in [-0.2, 0) is 57.5 Å². The molecule has 0 unspecified atom stereocenters. The molecule has 24 N–H and O–H groups in total. The number of rotatable bonds is 39. The summed E-state index contributed by atoms with van der Waals surface area (Å²) < 4.78 is 0. The molecular formula is C41H73N15O15. The van der Waals surface area contributed by atoms with Gasteiger partial charge in [-0.15, -0.1) is 0 Å². The van der Waals surface area contributed by atoms with Gasteiger partial charge in [-0.1, -0.05) is 0 Å². The number of unbranched alkanes of at least 4 members (excludes halogenated alkanes) is 2. The van der Waals surface area contributed by atoms with Crippen molar-refractivity contribution in [1.29, 1.82) is 0 Å². The summed E-state index contributed by atoms with van der Waals surface area (Å²) in [5, 5.41) is 45.0. The molecule has 0 aliphatic rings. The number of carboxylic acid groups (broad SMARTS) is 3. The van der Waals surface area contributed by atoms with Gasteiger partial charge in [0, 0.05) is 32.2 Å². The number of primary amides is 2. The van der Waals surface area contributed by atoms with E-state index in [9.17, 15) is 72.9 Å². The molecule has 0 aliphatic heterocycles. The van der Waals surface area contributed by atoms with Crippen LogP contribution in [-0.4, -0.2) is 160 Å². The van der Waals surface area contributed by atoms with Crippen molar-refractivity contribution in [1.82, 2.24) is 37.2 Å². The normalized spacial score (nSPS) is 14.2. The topological polar surface area (TPSA) is 544 Å². The number of hydrogen-bond donors (Lipinski definition) is 17. The van der Waals surface area contributed by atoms with Crippen molar-refractivity contribution >= 4 is 77.0 Å². The lowest BCUT2D eigenvalue weighted by molar-refractivity contribution is -0.142. The number of aliphatic imine (C=N–C) groups is 1. The third kappa shape index (κ3) is 28.8. The van der Waals surface area contributed by atoms with Crippen LogP contribution >= 0.6 is 0 Å². The minimum atomic E-state index is -1.73. The molecule has 0 radical (unpaired) electrons. The highest BCUT2D eigenvalue weighted by atomic mass is 16.4. The van der Waals surface area contributed by atoms with Crippen LogP contribution in [0.1, 0.15) is 110 Å². The summed E-state index contributed by atoms with van der Waals surface area (Å²) >= 11 is 0. The molecule has 0 aromatic heterocycles. The molecule has 0 aromatic rings. The summed E-state index contributed by atoms with van der Waals surface area (Å²) in [5.74, 6) is -13.1. The Morgan fingerprint density at radius 3 is 1.14 bits per heavy atom. The van der Waals surface area contributed by atoms with Crippen LogP contribution in [0.15, 0.2) is 4.99 Å². The maximum Gasteiger partial charge on any atom is 0.326 e. The first-order valence-corrected chi connectivity index (χ1v) is 22.9. The van der Waals surface area contributed by atoms with Gasteiger partial charge in [-0.25, -0.2) is 4.79 Å². The van der Waals surface area contributed by atoms with Crippen molar-refractivity contribution in [2.75, 3.05) is 19.6 Å². The predicted molar refractivity (Wildman–Crippen MR) is 251 cm³/mol. The number of amides is 9. The second-order valence-electron chi connectivity index (χ2n) is 16.4. The van der Waals surface area contributed by atoms with E-state index in [1.54, 1.807) is 0 Å². The molecule has 0 bridgehead atoms. The molecule has 30 nitrogen and oxygen atoms in total. The molecule has 30 heteroatoms. The fourth-order valence-electron chi connectivity index (χ4n) is 6.39. The number of guanidine groups is 1. The van der Waals surface area contributed by atoms with E-state index in [1.165, 1.54) is 6.92 Å². The summed E-state index contributed by atoms with van der Waals surface area (Å²) in [6.45, 7) is 1.74. The van der Waals surface area contributed by atoms with Crippen LogP contribution in [0.4, 0.5) is 0 Å². The largest absolute Gasteiger partial charge is 0.481 e. The van der Waals surface area contributed by atoms with E-state index in [1.807, 2.05) is 0 Å². The molecule has 0 saturated carbocycles. The van der Waals surface area contributed by atoms with Crippen LogP contribution < -0.4 is 77.4 Å². The van der Waals surface area contributed by atoms with E-state index in [-0.39, 0.29) is 64.1 Å². The van der Waals surface area contributed by atoms with Crippen molar-refractivity contribution in [2.45, 2.75) is 158 Å². The zero-order valence-corrected chi connectivity index (χ0v) is 39.8. The molecule has 0 aromatic carbocycles. The van der Waals surface area contributed by atoms with Gasteiger partial charge in [0.2, 0.25) is 53.2 Å². The molecule has 0 aliphatic carbocycles. The zero-order valence-electron chi connectivity index (χ0n) is 39.8. The van der Waals surface area contributed by atoms with Gasteiger partial charge in [-0.05, 0) is 97.1 Å². The van der Waals surface area contributed by atoms with Crippen LogP contribution in [0.3, 0.4) is 0 Å². The first-order chi connectivity index (χ1) is 33.3. The van der Waals surface area contributed by atoms with Gasteiger partial charge in [0.15, 0.2) is 5.96 Å². The Hall–Kier alpha value is -7.21. The van der Waals surface area contributed by atoms with Crippen molar-refractivity contribution in [3.63, 3.8) is 0 Å². The van der Waals surface area contributed by atoms with Crippen LogP contribution in [0.25, 0.3) is 0 Å². The summed E-state index contributed by atoms with van der Waals surface area (Å²) in [4.78, 5) is 156. The Kier molecular flexibility index (Phi) is 31.4. The van der Waals surface area contributed by atoms with Gasteiger partial charge in [0.1, 0.15) is 42.3 Å². The third-order valence-electron chi connectivity index (χ3n) is 10.4. The number of hydrogen-bond acceptors (Lipinski definition) is 16. The Labute approximate surface area is 409 Å². The minimum Gasteiger partial charge on any atom is -0.481 e. The number of carbonyl (C=O) groups excluding carboxylic acids is 9. The first kappa shape index (κ1) is 63.8. The number of nitrogens with one attached hydrogen (secondary N) is 7. The van der Waals surface area contributed by atoms with E-state index in [0.717, 1.165) is 0 Å². The molecule has 0 spiro atoms. The summed E-state index contributed by atoms with van der Waals surface area (Å²) in [7, 11) is 0. The molecule has 0 rings (SSSR count). The fraction of sp³-hybridized carbons (Fsp3) is 0.683. The Bertz CT molecular complexity index is 1870. The monoisotopic (exact) mass is 1020 g/mol. The average molecular weight is 1020 g/mol. The first-order valence-electron chi connectivity index (χ1n) is 22.9. The Morgan fingerprint density at radius 1 is 0.423 bits per heavy atom.